The number of halogens is 2. The zero-order valence-electron chi connectivity index (χ0n) is 22.4. The van der Waals surface area contributed by atoms with E-state index in [0.717, 1.165) is 44.4 Å². The fraction of sp³-hybridized carbons (Fsp3) is 0.367. The van der Waals surface area contributed by atoms with Gasteiger partial charge in [-0.2, -0.15) is 0 Å². The number of hydrogen-bond acceptors (Lipinski definition) is 5. The summed E-state index contributed by atoms with van der Waals surface area (Å²) in [5.74, 6) is -1.19. The van der Waals surface area contributed by atoms with Crippen LogP contribution in [0.25, 0.3) is 11.2 Å². The third kappa shape index (κ3) is 6.66. The lowest BCUT2D eigenvalue weighted by Gasteiger charge is -2.32. The number of piperazine rings is 1. The first kappa shape index (κ1) is 26.9. The van der Waals surface area contributed by atoms with Gasteiger partial charge in [-0.3, -0.25) is 9.69 Å². The summed E-state index contributed by atoms with van der Waals surface area (Å²) in [5.41, 5.74) is 4.26. The van der Waals surface area contributed by atoms with Crippen molar-refractivity contribution < 1.29 is 13.6 Å². The SMILES string of the molecule is CC(NC(=O)CCc1nc2cccnc2n1Cc1ccc(F)c(F)c1)c1ccc(CN2CCN(C)CC2)cc1. The third-order valence-corrected chi connectivity index (χ3v) is 7.34. The summed E-state index contributed by atoms with van der Waals surface area (Å²) in [4.78, 5) is 26.8. The summed E-state index contributed by atoms with van der Waals surface area (Å²) >= 11 is 0. The van der Waals surface area contributed by atoms with Gasteiger partial charge in [0.2, 0.25) is 5.91 Å². The van der Waals surface area contributed by atoms with Crippen LogP contribution in [0.4, 0.5) is 8.78 Å². The van der Waals surface area contributed by atoms with Crippen LogP contribution in [-0.4, -0.2) is 63.5 Å². The number of carbonyl (C=O) groups is 1. The molecule has 7 nitrogen and oxygen atoms in total. The Morgan fingerprint density at radius 1 is 0.974 bits per heavy atom. The van der Waals surface area contributed by atoms with Crippen LogP contribution >= 0.6 is 0 Å². The standard InChI is InChI=1S/C30H34F2N6O/c1-21(24-8-5-22(6-9-24)19-37-16-14-36(2)15-17-37)34-29(39)12-11-28-35-27-4-3-13-33-30(27)38(28)20-23-7-10-25(31)26(32)18-23/h3-10,13,18,21H,11-12,14-17,19-20H2,1-2H3,(H,34,39). The Bertz CT molecular complexity index is 1430. The van der Waals surface area contributed by atoms with Crippen molar-refractivity contribution in [2.45, 2.75) is 38.9 Å². The number of pyridine rings is 1. The number of nitrogens with one attached hydrogen (secondary N) is 1. The number of fused-ring (bicyclic) bond motifs is 1. The highest BCUT2D eigenvalue weighted by molar-refractivity contribution is 5.77. The molecule has 1 saturated heterocycles. The monoisotopic (exact) mass is 532 g/mol. The van der Waals surface area contributed by atoms with E-state index < -0.39 is 11.6 Å². The highest BCUT2D eigenvalue weighted by atomic mass is 19.2. The molecule has 1 N–H and O–H groups in total. The second-order valence-electron chi connectivity index (χ2n) is 10.3. The smallest absolute Gasteiger partial charge is 0.220 e. The molecule has 0 saturated carbocycles. The number of amides is 1. The van der Waals surface area contributed by atoms with Crippen LogP contribution in [0.2, 0.25) is 0 Å². The maximum Gasteiger partial charge on any atom is 0.220 e. The zero-order valence-corrected chi connectivity index (χ0v) is 22.4. The van der Waals surface area contributed by atoms with E-state index in [2.05, 4.69) is 56.4 Å². The number of nitrogens with zero attached hydrogens (tertiary/aromatic N) is 5. The molecule has 3 heterocycles. The van der Waals surface area contributed by atoms with Crippen molar-refractivity contribution in [3.8, 4) is 0 Å². The summed E-state index contributed by atoms with van der Waals surface area (Å²) in [7, 11) is 2.16. The first-order valence-corrected chi connectivity index (χ1v) is 13.4. The molecule has 2 aromatic carbocycles. The summed E-state index contributed by atoms with van der Waals surface area (Å²) in [6.07, 6.45) is 2.30. The number of likely N-dealkylation sites (N-methyl/N-ethyl adjacent to an activating group) is 1. The normalized spacial score (nSPS) is 15.5. The second-order valence-corrected chi connectivity index (χ2v) is 10.3. The van der Waals surface area contributed by atoms with Crippen LogP contribution in [0.3, 0.4) is 0 Å². The number of benzene rings is 2. The molecule has 1 aliphatic heterocycles. The third-order valence-electron chi connectivity index (χ3n) is 7.34. The minimum absolute atomic E-state index is 0.0802. The van der Waals surface area contributed by atoms with Crippen molar-refractivity contribution >= 4 is 17.1 Å². The Kier molecular flexibility index (Phi) is 8.28. The first-order valence-electron chi connectivity index (χ1n) is 13.4. The molecule has 0 bridgehead atoms. The van der Waals surface area contributed by atoms with Crippen molar-refractivity contribution in [2.75, 3.05) is 33.2 Å². The fourth-order valence-corrected chi connectivity index (χ4v) is 4.98. The van der Waals surface area contributed by atoms with Crippen LogP contribution in [0.15, 0.2) is 60.8 Å². The van der Waals surface area contributed by atoms with E-state index in [4.69, 9.17) is 0 Å². The zero-order chi connectivity index (χ0) is 27.4. The predicted molar refractivity (Wildman–Crippen MR) is 147 cm³/mol. The van der Waals surface area contributed by atoms with E-state index in [1.54, 1.807) is 18.3 Å². The Hall–Kier alpha value is -3.69. The molecule has 5 rings (SSSR count). The van der Waals surface area contributed by atoms with Gasteiger partial charge >= 0.3 is 0 Å². The van der Waals surface area contributed by atoms with Gasteiger partial charge in [-0.15, -0.1) is 0 Å². The molecule has 1 atom stereocenters. The summed E-state index contributed by atoms with van der Waals surface area (Å²) in [6, 6.07) is 15.8. The lowest BCUT2D eigenvalue weighted by molar-refractivity contribution is -0.121. The number of hydrogen-bond donors (Lipinski definition) is 1. The van der Waals surface area contributed by atoms with Gasteiger partial charge in [0.1, 0.15) is 11.3 Å². The molecule has 0 radical (unpaired) electrons. The molecular weight excluding hydrogens is 498 g/mol. The van der Waals surface area contributed by atoms with Crippen LogP contribution in [-0.2, 0) is 24.3 Å². The summed E-state index contributed by atoms with van der Waals surface area (Å²) < 4.78 is 29.1. The van der Waals surface area contributed by atoms with E-state index >= 15 is 0 Å². The van der Waals surface area contributed by atoms with Gasteiger partial charge in [-0.1, -0.05) is 30.3 Å². The Balaban J connectivity index is 1.19. The minimum Gasteiger partial charge on any atom is -0.350 e. The molecular formula is C30H34F2N6O. The number of rotatable bonds is 9. The average Bonchev–Trinajstić information content (AvgIpc) is 3.28. The van der Waals surface area contributed by atoms with Gasteiger partial charge in [0.15, 0.2) is 17.3 Å². The van der Waals surface area contributed by atoms with Gasteiger partial charge < -0.3 is 14.8 Å². The van der Waals surface area contributed by atoms with Gasteiger partial charge in [0.25, 0.3) is 0 Å². The highest BCUT2D eigenvalue weighted by Gasteiger charge is 2.17. The molecule has 39 heavy (non-hydrogen) atoms. The van der Waals surface area contributed by atoms with Crippen LogP contribution < -0.4 is 5.32 Å². The predicted octanol–water partition coefficient (Wildman–Crippen LogP) is 4.32. The highest BCUT2D eigenvalue weighted by Crippen LogP contribution is 2.20. The maximum atomic E-state index is 13.8. The van der Waals surface area contributed by atoms with Crippen molar-refractivity contribution in [3.05, 3.63) is 94.9 Å². The maximum absolute atomic E-state index is 13.8. The second kappa shape index (κ2) is 12.0. The van der Waals surface area contributed by atoms with Crippen molar-refractivity contribution in [3.63, 3.8) is 0 Å². The van der Waals surface area contributed by atoms with E-state index in [9.17, 15) is 13.6 Å². The van der Waals surface area contributed by atoms with Gasteiger partial charge in [-0.25, -0.2) is 18.7 Å². The molecule has 1 aliphatic rings. The van der Waals surface area contributed by atoms with Gasteiger partial charge in [-0.05, 0) is 54.9 Å². The van der Waals surface area contributed by atoms with Crippen molar-refractivity contribution in [2.24, 2.45) is 0 Å². The average molecular weight is 533 g/mol. The van der Waals surface area contributed by atoms with E-state index in [-0.39, 0.29) is 24.9 Å². The molecule has 4 aromatic rings. The van der Waals surface area contributed by atoms with Crippen molar-refractivity contribution in [1.82, 2.24) is 29.7 Å². The molecule has 1 unspecified atom stereocenters. The number of aryl methyl sites for hydroxylation is 1. The van der Waals surface area contributed by atoms with Gasteiger partial charge in [0, 0.05) is 51.8 Å². The molecule has 0 aliphatic carbocycles. The topological polar surface area (TPSA) is 66.3 Å². The lowest BCUT2D eigenvalue weighted by Crippen LogP contribution is -2.43. The number of carbonyl (C=O) groups excluding carboxylic acids is 1. The molecule has 1 amide bonds. The summed E-state index contributed by atoms with van der Waals surface area (Å²) in [5, 5.41) is 3.09. The Labute approximate surface area is 227 Å². The summed E-state index contributed by atoms with van der Waals surface area (Å²) in [6.45, 7) is 7.55. The van der Waals surface area contributed by atoms with Crippen LogP contribution in [0.5, 0.6) is 0 Å². The number of imidazole rings is 1. The van der Waals surface area contributed by atoms with E-state index in [1.165, 1.54) is 11.6 Å². The minimum atomic E-state index is -0.896. The molecule has 9 heteroatoms. The van der Waals surface area contributed by atoms with Crippen molar-refractivity contribution in [1.29, 1.82) is 0 Å². The first-order chi connectivity index (χ1) is 18.9. The Morgan fingerprint density at radius 3 is 2.46 bits per heavy atom. The Morgan fingerprint density at radius 2 is 1.72 bits per heavy atom. The van der Waals surface area contributed by atoms with Crippen LogP contribution in [0.1, 0.15) is 41.9 Å². The number of aromatic nitrogens is 3. The quantitative estimate of drug-likeness (QED) is 0.348. The van der Waals surface area contributed by atoms with E-state index in [0.29, 0.717) is 29.0 Å². The molecule has 0 spiro atoms. The molecule has 204 valence electrons. The van der Waals surface area contributed by atoms with Gasteiger partial charge in [0.05, 0.1) is 12.6 Å². The van der Waals surface area contributed by atoms with Crippen LogP contribution in [0, 0.1) is 11.6 Å². The fourth-order valence-electron chi connectivity index (χ4n) is 4.98. The largest absolute Gasteiger partial charge is 0.350 e. The lowest BCUT2D eigenvalue weighted by atomic mass is 10.1. The molecule has 1 fully saturated rings. The molecule has 2 aromatic heterocycles. The van der Waals surface area contributed by atoms with E-state index in [1.807, 2.05) is 17.6 Å².